The van der Waals surface area contributed by atoms with Crippen LogP contribution in [0.25, 0.3) is 0 Å². The Morgan fingerprint density at radius 2 is 1.61 bits per heavy atom. The van der Waals surface area contributed by atoms with Crippen LogP contribution < -0.4 is 5.73 Å². The molecule has 2 heteroatoms. The number of benzene rings is 1. The molecule has 2 atom stereocenters. The Kier molecular flexibility index (Phi) is 5.67. The Morgan fingerprint density at radius 3 is 2.11 bits per heavy atom. The van der Waals surface area contributed by atoms with Crippen LogP contribution in [0.15, 0.2) is 24.3 Å². The van der Waals surface area contributed by atoms with Gasteiger partial charge in [0.1, 0.15) is 0 Å². The van der Waals surface area contributed by atoms with Gasteiger partial charge in [-0.3, -0.25) is 0 Å². The summed E-state index contributed by atoms with van der Waals surface area (Å²) in [5.74, 6) is 1.30. The number of nitrogen functional groups attached to an aromatic ring is 1. The highest BCUT2D eigenvalue weighted by atomic mass is 15.1. The molecule has 0 amide bonds. The van der Waals surface area contributed by atoms with Crippen LogP contribution in [0.2, 0.25) is 0 Å². The normalized spacial score (nSPS) is 15.1. The Hall–Kier alpha value is -1.02. The van der Waals surface area contributed by atoms with Crippen molar-refractivity contribution < 1.29 is 0 Å². The number of rotatable bonds is 6. The fourth-order valence-electron chi connectivity index (χ4n) is 2.10. The minimum atomic E-state index is 0.590. The highest BCUT2D eigenvalue weighted by Crippen LogP contribution is 2.21. The lowest BCUT2D eigenvalue weighted by Crippen LogP contribution is -2.34. The molecule has 0 saturated heterocycles. The smallest absolute Gasteiger partial charge is 0.0314 e. The number of hydrogen-bond acceptors (Lipinski definition) is 2. The molecule has 0 aliphatic rings. The topological polar surface area (TPSA) is 29.3 Å². The van der Waals surface area contributed by atoms with Gasteiger partial charge in [-0.25, -0.2) is 0 Å². The maximum Gasteiger partial charge on any atom is 0.0314 e. The maximum absolute atomic E-state index is 5.71. The van der Waals surface area contributed by atoms with E-state index < -0.39 is 0 Å². The van der Waals surface area contributed by atoms with Crippen molar-refractivity contribution in [1.82, 2.24) is 4.90 Å². The van der Waals surface area contributed by atoms with E-state index in [2.05, 4.69) is 51.8 Å². The first-order valence-corrected chi connectivity index (χ1v) is 6.97. The van der Waals surface area contributed by atoms with Crippen LogP contribution in [-0.4, -0.2) is 24.5 Å². The van der Waals surface area contributed by atoms with Crippen LogP contribution in [0, 0.1) is 5.92 Å². The van der Waals surface area contributed by atoms with E-state index in [1.54, 1.807) is 0 Å². The van der Waals surface area contributed by atoms with Gasteiger partial charge in [0.25, 0.3) is 0 Å². The minimum absolute atomic E-state index is 0.590. The van der Waals surface area contributed by atoms with Crippen LogP contribution in [-0.2, 0) is 0 Å². The van der Waals surface area contributed by atoms with Crippen LogP contribution in [0.4, 0.5) is 5.69 Å². The zero-order chi connectivity index (χ0) is 13.7. The fourth-order valence-corrected chi connectivity index (χ4v) is 2.10. The Bertz CT molecular complexity index is 343. The van der Waals surface area contributed by atoms with Crippen molar-refractivity contribution in [2.45, 2.75) is 46.1 Å². The lowest BCUT2D eigenvalue weighted by atomic mass is 9.96. The minimum Gasteiger partial charge on any atom is -0.399 e. The second-order valence-corrected chi connectivity index (χ2v) is 5.82. The lowest BCUT2D eigenvalue weighted by Gasteiger charge is -2.28. The summed E-state index contributed by atoms with van der Waals surface area (Å²) < 4.78 is 0. The van der Waals surface area contributed by atoms with Crippen molar-refractivity contribution in [3.8, 4) is 0 Å². The van der Waals surface area contributed by atoms with Crippen LogP contribution in [0.3, 0.4) is 0 Å². The third-order valence-electron chi connectivity index (χ3n) is 4.08. The van der Waals surface area contributed by atoms with Gasteiger partial charge in [0.05, 0.1) is 0 Å². The molecule has 0 radical (unpaired) electrons. The summed E-state index contributed by atoms with van der Waals surface area (Å²) >= 11 is 0. The Labute approximate surface area is 112 Å². The summed E-state index contributed by atoms with van der Waals surface area (Å²) in [4.78, 5) is 2.46. The highest BCUT2D eigenvalue weighted by molar-refractivity contribution is 5.40. The van der Waals surface area contributed by atoms with Gasteiger partial charge in [0.2, 0.25) is 0 Å². The molecule has 2 N–H and O–H groups in total. The largest absolute Gasteiger partial charge is 0.399 e. The second-order valence-electron chi connectivity index (χ2n) is 5.82. The average Bonchev–Trinajstić information content (AvgIpc) is 2.35. The Balaban J connectivity index is 2.46. The fraction of sp³-hybridized carbons (Fsp3) is 0.625. The number of hydrogen-bond donors (Lipinski definition) is 1. The average molecular weight is 248 g/mol. The van der Waals surface area contributed by atoms with Gasteiger partial charge in [-0.15, -0.1) is 0 Å². The molecule has 0 heterocycles. The summed E-state index contributed by atoms with van der Waals surface area (Å²) in [6.07, 6.45) is 1.19. The summed E-state index contributed by atoms with van der Waals surface area (Å²) in [5.41, 5.74) is 7.94. The van der Waals surface area contributed by atoms with E-state index in [4.69, 9.17) is 5.73 Å². The first kappa shape index (κ1) is 15.0. The van der Waals surface area contributed by atoms with Gasteiger partial charge in [-0.2, -0.15) is 0 Å². The lowest BCUT2D eigenvalue weighted by molar-refractivity contribution is 0.202. The molecule has 2 nitrogen and oxygen atoms in total. The van der Waals surface area contributed by atoms with Crippen LogP contribution >= 0.6 is 0 Å². The number of anilines is 1. The molecule has 0 saturated carbocycles. The van der Waals surface area contributed by atoms with Crippen molar-refractivity contribution in [3.63, 3.8) is 0 Å². The van der Waals surface area contributed by atoms with Gasteiger partial charge in [-0.1, -0.05) is 32.9 Å². The third-order valence-corrected chi connectivity index (χ3v) is 4.08. The van der Waals surface area contributed by atoms with Gasteiger partial charge < -0.3 is 10.6 Å². The molecule has 1 aromatic rings. The van der Waals surface area contributed by atoms with Crippen molar-refractivity contribution in [1.29, 1.82) is 0 Å². The van der Waals surface area contributed by atoms with Gasteiger partial charge in [0, 0.05) is 11.7 Å². The quantitative estimate of drug-likeness (QED) is 0.777. The van der Waals surface area contributed by atoms with E-state index in [-0.39, 0.29) is 0 Å². The van der Waals surface area contributed by atoms with Crippen LogP contribution in [0.1, 0.15) is 45.6 Å². The highest BCUT2D eigenvalue weighted by Gasteiger charge is 2.14. The van der Waals surface area contributed by atoms with E-state index in [1.165, 1.54) is 12.0 Å². The van der Waals surface area contributed by atoms with Crippen molar-refractivity contribution in [3.05, 3.63) is 29.8 Å². The molecular formula is C16H28N2. The third kappa shape index (κ3) is 4.34. The summed E-state index contributed by atoms with van der Waals surface area (Å²) in [7, 11) is 2.22. The number of nitrogens with two attached hydrogens (primary N) is 1. The van der Waals surface area contributed by atoms with Gasteiger partial charge in [0.15, 0.2) is 0 Å². The molecule has 18 heavy (non-hydrogen) atoms. The molecule has 0 fully saturated rings. The first-order chi connectivity index (χ1) is 8.41. The predicted molar refractivity (Wildman–Crippen MR) is 80.8 cm³/mol. The van der Waals surface area contributed by atoms with E-state index in [0.717, 1.165) is 12.2 Å². The molecule has 102 valence electrons. The maximum atomic E-state index is 5.71. The van der Waals surface area contributed by atoms with E-state index >= 15 is 0 Å². The summed E-state index contributed by atoms with van der Waals surface area (Å²) in [6.45, 7) is 10.3. The molecule has 0 aromatic heterocycles. The SMILES string of the molecule is CC(CCN(C)C(C)C(C)C)c1ccc(N)cc1. The van der Waals surface area contributed by atoms with Gasteiger partial charge in [-0.05, 0) is 56.5 Å². The predicted octanol–water partition coefficient (Wildman–Crippen LogP) is 3.74. The molecule has 0 aliphatic carbocycles. The van der Waals surface area contributed by atoms with E-state index in [9.17, 15) is 0 Å². The number of nitrogens with zero attached hydrogens (tertiary/aromatic N) is 1. The van der Waals surface area contributed by atoms with Crippen molar-refractivity contribution >= 4 is 5.69 Å². The van der Waals surface area contributed by atoms with Crippen molar-refractivity contribution in [2.75, 3.05) is 19.3 Å². The molecule has 0 aliphatic heterocycles. The summed E-state index contributed by atoms with van der Waals surface area (Å²) in [6, 6.07) is 8.92. The molecule has 0 spiro atoms. The first-order valence-electron chi connectivity index (χ1n) is 6.97. The van der Waals surface area contributed by atoms with Crippen LogP contribution in [0.5, 0.6) is 0 Å². The second kappa shape index (κ2) is 6.79. The zero-order valence-electron chi connectivity index (χ0n) is 12.5. The molecule has 1 rings (SSSR count). The molecule has 0 bridgehead atoms. The zero-order valence-corrected chi connectivity index (χ0v) is 12.5. The monoisotopic (exact) mass is 248 g/mol. The summed E-state index contributed by atoms with van der Waals surface area (Å²) in [5, 5.41) is 0. The molecule has 1 aromatic carbocycles. The van der Waals surface area contributed by atoms with Crippen molar-refractivity contribution in [2.24, 2.45) is 5.92 Å². The Morgan fingerprint density at radius 1 is 1.06 bits per heavy atom. The standard InChI is InChI=1S/C16H28N2/c1-12(2)14(4)18(5)11-10-13(3)15-6-8-16(17)9-7-15/h6-9,12-14H,10-11,17H2,1-5H3. The molecule has 2 unspecified atom stereocenters. The van der Waals surface area contributed by atoms with Gasteiger partial charge >= 0.3 is 0 Å². The molecular weight excluding hydrogens is 220 g/mol. The van der Waals surface area contributed by atoms with E-state index in [0.29, 0.717) is 17.9 Å². The van der Waals surface area contributed by atoms with E-state index in [1.807, 2.05) is 12.1 Å².